The lowest BCUT2D eigenvalue weighted by Crippen LogP contribution is -2.49. The molecule has 0 spiro atoms. The Labute approximate surface area is 541 Å². The first-order valence-corrected chi connectivity index (χ1v) is 37.5. The van der Waals surface area contributed by atoms with Gasteiger partial charge in [-0.1, -0.05) is 272 Å². The lowest BCUT2D eigenvalue weighted by Gasteiger charge is -2.30. The Morgan fingerprint density at radius 1 is 0.250 bits per heavy atom. The Morgan fingerprint density at radius 2 is 0.432 bits per heavy atom. The molecule has 0 aliphatic rings. The number of aliphatic hydroxyl groups excluding tert-OH is 5. The highest BCUT2D eigenvalue weighted by atomic mass is 16.3. The van der Waals surface area contributed by atoms with Crippen LogP contribution >= 0.6 is 0 Å². The maximum atomic E-state index is 13.3. The third kappa shape index (κ3) is 56.3. The molecule has 4 amide bonds. The van der Waals surface area contributed by atoms with Crippen molar-refractivity contribution in [3.8, 4) is 0 Å². The Morgan fingerprint density at radius 3 is 0.659 bits per heavy atom. The average Bonchev–Trinajstić information content (AvgIpc) is 3.62. The van der Waals surface area contributed by atoms with Crippen LogP contribution in [0.15, 0.2) is 0 Å². The molecule has 88 heavy (non-hydrogen) atoms. The van der Waals surface area contributed by atoms with E-state index in [9.17, 15) is 44.7 Å². The number of carbonyl (C=O) groups excluding carboxylic acids is 4. The van der Waals surface area contributed by atoms with Gasteiger partial charge in [0.05, 0.1) is 0 Å². The summed E-state index contributed by atoms with van der Waals surface area (Å²) in [6.45, 7) is 13.8. The molecule has 0 saturated heterocycles. The molecule has 0 aliphatic heterocycles. The predicted octanol–water partition coefficient (Wildman–Crippen LogP) is 12.8. The topological polar surface area (TPSA) is 227 Å². The molecule has 0 aliphatic carbocycles. The highest BCUT2D eigenvalue weighted by Gasteiger charge is 2.26. The molecule has 0 radical (unpaired) electrons. The molecule has 0 aromatic carbocycles. The van der Waals surface area contributed by atoms with Crippen LogP contribution in [-0.2, 0) is 19.2 Å². The van der Waals surface area contributed by atoms with E-state index in [2.05, 4.69) is 53.9 Å². The molecule has 0 aromatic heterocycles. The smallest absolute Gasteiger partial charge is 0.250 e. The Balaban J connectivity index is 5.90. The van der Waals surface area contributed by atoms with Gasteiger partial charge in [-0.25, -0.2) is 0 Å². The van der Waals surface area contributed by atoms with Crippen molar-refractivity contribution in [3.63, 3.8) is 0 Å². The van der Waals surface area contributed by atoms with Gasteiger partial charge in [-0.05, 0) is 84.1 Å². The van der Waals surface area contributed by atoms with E-state index in [-0.39, 0.29) is 32.8 Å². The molecule has 4 unspecified atom stereocenters. The minimum atomic E-state index is -1.34. The second-order valence-electron chi connectivity index (χ2n) is 26.2. The summed E-state index contributed by atoms with van der Waals surface area (Å²) >= 11 is 0. The first-order valence-electron chi connectivity index (χ1n) is 37.5. The SMILES string of the molecule is CCCCCCCCCCCCNC(=O)C(O)CN(CCCN(CCCCCCO)CCCN(CC(O)C(=O)NCCCCCCCCCCCC)CC(O)C(=O)NCCCCCCCCCCCC)CC(O)C(=O)NCCCCCCCCCCCC. The summed E-state index contributed by atoms with van der Waals surface area (Å²) in [6.07, 6.45) is 46.8. The molecule has 9 N–H and O–H groups in total. The van der Waals surface area contributed by atoms with E-state index in [4.69, 9.17) is 0 Å². The van der Waals surface area contributed by atoms with Gasteiger partial charge in [0.25, 0.3) is 0 Å². The third-order valence-electron chi connectivity index (χ3n) is 17.5. The number of hydrogen-bond donors (Lipinski definition) is 9. The Kier molecular flexibility index (Phi) is 64.2. The summed E-state index contributed by atoms with van der Waals surface area (Å²) in [4.78, 5) is 59.1. The normalized spacial score (nSPS) is 13.1. The van der Waals surface area contributed by atoms with Crippen molar-refractivity contribution in [2.45, 2.75) is 347 Å². The fourth-order valence-corrected chi connectivity index (χ4v) is 11.8. The average molecular weight is 1250 g/mol. The number of rotatable bonds is 70. The first-order chi connectivity index (χ1) is 42.9. The van der Waals surface area contributed by atoms with Gasteiger partial charge in [0.15, 0.2) is 0 Å². The quantitative estimate of drug-likeness (QED) is 0.0259. The lowest BCUT2D eigenvalue weighted by atomic mass is 10.1. The van der Waals surface area contributed by atoms with Crippen LogP contribution in [0.25, 0.3) is 0 Å². The van der Waals surface area contributed by atoms with Crippen LogP contribution in [0, 0.1) is 0 Å². The van der Waals surface area contributed by atoms with E-state index in [1.165, 1.54) is 180 Å². The predicted molar refractivity (Wildman–Crippen MR) is 368 cm³/mol. The molecule has 0 bridgehead atoms. The number of aliphatic hydroxyl groups is 5. The highest BCUT2D eigenvalue weighted by Crippen LogP contribution is 2.15. The van der Waals surface area contributed by atoms with Crippen molar-refractivity contribution in [1.82, 2.24) is 36.0 Å². The molecule has 0 fully saturated rings. The maximum Gasteiger partial charge on any atom is 0.250 e. The van der Waals surface area contributed by atoms with Gasteiger partial charge in [0.1, 0.15) is 24.4 Å². The van der Waals surface area contributed by atoms with Crippen LogP contribution in [0.4, 0.5) is 0 Å². The van der Waals surface area contributed by atoms with E-state index < -0.39 is 48.0 Å². The van der Waals surface area contributed by atoms with E-state index in [0.717, 1.165) is 109 Å². The van der Waals surface area contributed by atoms with Gasteiger partial charge in [0, 0.05) is 59.0 Å². The van der Waals surface area contributed by atoms with Gasteiger partial charge >= 0.3 is 0 Å². The number of nitrogens with one attached hydrogen (secondary N) is 4. The zero-order valence-corrected chi connectivity index (χ0v) is 57.9. The van der Waals surface area contributed by atoms with E-state index in [1.54, 1.807) is 0 Å². The second kappa shape index (κ2) is 66.0. The van der Waals surface area contributed by atoms with Crippen LogP contribution in [0.2, 0.25) is 0 Å². The summed E-state index contributed by atoms with van der Waals surface area (Å²) in [5.74, 6) is -1.82. The molecule has 0 aromatic rings. The molecule has 0 heterocycles. The fraction of sp³-hybridized carbons (Fsp3) is 0.944. The maximum absolute atomic E-state index is 13.3. The summed E-state index contributed by atoms with van der Waals surface area (Å²) in [5.41, 5.74) is 0. The molecular formula is C72H145N7O9. The molecular weight excluding hydrogens is 1110 g/mol. The standard InChI is InChI=1S/C72H145N7O9/c1-5-9-13-17-21-25-29-33-37-43-51-73-69(85)65(81)61-78(62-66(82)70(86)74-52-44-38-34-30-26-22-18-14-10-6-2)58-49-56-77(55-47-41-42-48-60-80)57-50-59-79(63-67(83)71(87)75-53-45-39-35-31-27-23-19-15-11-7-3)64-68(84)72(88)76-54-46-40-36-32-28-24-20-16-12-8-4/h65-68,80-84H,5-64H2,1-4H3,(H,73,85)(H,74,86)(H,75,87)(H,76,88). The number of carbonyl (C=O) groups is 4. The van der Waals surface area contributed by atoms with Gasteiger partial charge in [0.2, 0.25) is 23.6 Å². The van der Waals surface area contributed by atoms with Gasteiger partial charge < -0.3 is 51.7 Å². The van der Waals surface area contributed by atoms with E-state index >= 15 is 0 Å². The number of amides is 4. The van der Waals surface area contributed by atoms with Crippen LogP contribution in [-0.4, -0.2) is 180 Å². The van der Waals surface area contributed by atoms with Crippen molar-refractivity contribution in [1.29, 1.82) is 0 Å². The summed E-state index contributed by atoms with van der Waals surface area (Å²) < 4.78 is 0. The van der Waals surface area contributed by atoms with Crippen molar-refractivity contribution < 1.29 is 44.7 Å². The third-order valence-corrected chi connectivity index (χ3v) is 17.5. The zero-order valence-electron chi connectivity index (χ0n) is 57.9. The summed E-state index contributed by atoms with van der Waals surface area (Å²) in [7, 11) is 0. The minimum Gasteiger partial charge on any atom is -0.396 e. The van der Waals surface area contributed by atoms with Crippen molar-refractivity contribution in [2.24, 2.45) is 0 Å². The largest absolute Gasteiger partial charge is 0.396 e. The second-order valence-corrected chi connectivity index (χ2v) is 26.2. The van der Waals surface area contributed by atoms with Crippen LogP contribution < -0.4 is 21.3 Å². The minimum absolute atomic E-state index is 0.0346. The summed E-state index contributed by atoms with van der Waals surface area (Å²) in [5, 5.41) is 66.2. The number of unbranched alkanes of at least 4 members (excludes halogenated alkanes) is 39. The molecule has 522 valence electrons. The fourth-order valence-electron chi connectivity index (χ4n) is 11.8. The Bertz CT molecular complexity index is 1340. The molecule has 16 heteroatoms. The van der Waals surface area contributed by atoms with Gasteiger partial charge in [-0.15, -0.1) is 0 Å². The van der Waals surface area contributed by atoms with Crippen molar-refractivity contribution in [2.75, 3.05) is 91.7 Å². The number of nitrogens with zero attached hydrogens (tertiary/aromatic N) is 3. The molecule has 16 nitrogen and oxygen atoms in total. The van der Waals surface area contributed by atoms with Crippen molar-refractivity contribution in [3.05, 3.63) is 0 Å². The number of hydrogen-bond acceptors (Lipinski definition) is 12. The van der Waals surface area contributed by atoms with Crippen LogP contribution in [0.3, 0.4) is 0 Å². The summed E-state index contributed by atoms with van der Waals surface area (Å²) in [6, 6.07) is 0. The van der Waals surface area contributed by atoms with Crippen molar-refractivity contribution >= 4 is 23.6 Å². The zero-order chi connectivity index (χ0) is 64.6. The molecule has 4 atom stereocenters. The Hall–Kier alpha value is -2.44. The van der Waals surface area contributed by atoms with Crippen LogP contribution in [0.5, 0.6) is 0 Å². The van der Waals surface area contributed by atoms with Gasteiger partial charge in [-0.2, -0.15) is 0 Å². The van der Waals surface area contributed by atoms with E-state index in [0.29, 0.717) is 65.2 Å². The monoisotopic (exact) mass is 1250 g/mol. The lowest BCUT2D eigenvalue weighted by molar-refractivity contribution is -0.133. The van der Waals surface area contributed by atoms with Crippen LogP contribution in [0.1, 0.15) is 323 Å². The highest BCUT2D eigenvalue weighted by molar-refractivity contribution is 5.82. The van der Waals surface area contributed by atoms with Gasteiger partial charge in [-0.3, -0.25) is 29.0 Å². The first kappa shape index (κ1) is 85.6. The van der Waals surface area contributed by atoms with E-state index in [1.807, 2.05) is 9.80 Å². The molecule has 0 rings (SSSR count). The molecule has 0 saturated carbocycles.